The molecule has 0 aromatic rings. The Morgan fingerprint density at radius 3 is 1.78 bits per heavy atom. The molecule has 0 atom stereocenters. The molecular formula is C14H30NNaO2. The van der Waals surface area contributed by atoms with Crippen LogP contribution in [0.5, 0.6) is 0 Å². The summed E-state index contributed by atoms with van der Waals surface area (Å²) in [6.07, 6.45) is 13.3. The predicted octanol–water partition coefficient (Wildman–Crippen LogP) is 3.33. The molecule has 4 heteroatoms. The molecule has 1 N–H and O–H groups in total. The molecule has 0 radical (unpaired) electrons. The number of rotatable bonds is 12. The van der Waals surface area contributed by atoms with Crippen LogP contribution in [0, 0.1) is 0 Å². The fourth-order valence-electron chi connectivity index (χ4n) is 1.84. The molecule has 0 heterocycles. The van der Waals surface area contributed by atoms with E-state index in [0.29, 0.717) is 0 Å². The van der Waals surface area contributed by atoms with Crippen LogP contribution < -0.4 is 5.48 Å². The average molecular weight is 267 g/mol. The van der Waals surface area contributed by atoms with Gasteiger partial charge in [-0.1, -0.05) is 64.7 Å². The number of hydrogen-bond acceptors (Lipinski definition) is 3. The van der Waals surface area contributed by atoms with Crippen LogP contribution in [0.15, 0.2) is 0 Å². The summed E-state index contributed by atoms with van der Waals surface area (Å²) in [6, 6.07) is 0. The van der Waals surface area contributed by atoms with Crippen LogP contribution >= 0.6 is 0 Å². The number of unbranched alkanes of at least 4 members (excludes halogenated alkanes) is 9. The second-order valence-corrected chi connectivity index (χ2v) is 4.67. The molecule has 3 nitrogen and oxygen atoms in total. The molecule has 0 saturated carbocycles. The Kier molecular flexibility index (Phi) is 20.1. The number of nitrogens with one attached hydrogen (secondary N) is 1. The summed E-state index contributed by atoms with van der Waals surface area (Å²) >= 11 is 0. The quantitative estimate of drug-likeness (QED) is 0.335. The molecule has 0 unspecified atom stereocenters. The zero-order valence-electron chi connectivity index (χ0n) is 11.6. The average Bonchev–Trinajstić information content (AvgIpc) is 2.30. The summed E-state index contributed by atoms with van der Waals surface area (Å²) in [4.78, 5) is 15.1. The molecule has 0 rings (SSSR count). The van der Waals surface area contributed by atoms with Gasteiger partial charge in [0.15, 0.2) is 0 Å². The minimum absolute atomic E-state index is 0. The molecule has 0 aliphatic carbocycles. The first-order chi connectivity index (χ1) is 8.27. The third-order valence-electron chi connectivity index (χ3n) is 2.85. The second kappa shape index (κ2) is 17.4. The molecule has 0 amide bonds. The van der Waals surface area contributed by atoms with Crippen molar-refractivity contribution in [1.82, 2.24) is 5.48 Å². The summed E-state index contributed by atoms with van der Waals surface area (Å²) in [6.45, 7) is 4.44. The van der Waals surface area contributed by atoms with Gasteiger partial charge in [-0.05, 0) is 6.42 Å². The van der Waals surface area contributed by atoms with E-state index in [1.807, 2.05) is 0 Å². The SMILES string of the molecule is CCCCCCCCCCCCNOC(C)=O.[NaH]. The van der Waals surface area contributed by atoms with Crippen LogP contribution in [0.25, 0.3) is 0 Å². The molecule has 0 aromatic heterocycles. The van der Waals surface area contributed by atoms with E-state index in [2.05, 4.69) is 17.2 Å². The van der Waals surface area contributed by atoms with Gasteiger partial charge in [0.2, 0.25) is 0 Å². The van der Waals surface area contributed by atoms with Gasteiger partial charge in [-0.2, -0.15) is 5.48 Å². The number of hydroxylamine groups is 1. The first-order valence-electron chi connectivity index (χ1n) is 7.17. The molecule has 18 heavy (non-hydrogen) atoms. The van der Waals surface area contributed by atoms with Gasteiger partial charge in [-0.25, -0.2) is 0 Å². The molecule has 104 valence electrons. The van der Waals surface area contributed by atoms with Gasteiger partial charge in [-0.15, -0.1) is 0 Å². The molecule has 0 saturated heterocycles. The van der Waals surface area contributed by atoms with Gasteiger partial charge in [-0.3, -0.25) is 4.79 Å². The fourth-order valence-corrected chi connectivity index (χ4v) is 1.84. The molecule has 0 spiro atoms. The van der Waals surface area contributed by atoms with Crippen molar-refractivity contribution >= 4 is 35.5 Å². The topological polar surface area (TPSA) is 38.3 Å². The van der Waals surface area contributed by atoms with Crippen molar-refractivity contribution in [3.63, 3.8) is 0 Å². The van der Waals surface area contributed by atoms with E-state index >= 15 is 0 Å². The first-order valence-corrected chi connectivity index (χ1v) is 7.17. The van der Waals surface area contributed by atoms with E-state index in [4.69, 9.17) is 0 Å². The van der Waals surface area contributed by atoms with Crippen molar-refractivity contribution in [2.75, 3.05) is 6.54 Å². The minimum atomic E-state index is -0.267. The summed E-state index contributed by atoms with van der Waals surface area (Å²) < 4.78 is 0. The summed E-state index contributed by atoms with van der Waals surface area (Å²) in [7, 11) is 0. The standard InChI is InChI=1S/C14H29NO2.Na.H/c1-3-4-5-6-7-8-9-10-11-12-13-15-17-14(2)16;;/h15H,3-13H2,1-2H3;;. The van der Waals surface area contributed by atoms with Crippen molar-refractivity contribution < 1.29 is 9.63 Å². The van der Waals surface area contributed by atoms with Crippen molar-refractivity contribution in [3.8, 4) is 0 Å². The zero-order valence-corrected chi connectivity index (χ0v) is 11.6. The normalized spacial score (nSPS) is 9.89. The van der Waals surface area contributed by atoms with E-state index in [-0.39, 0.29) is 35.5 Å². The van der Waals surface area contributed by atoms with Crippen LogP contribution in [-0.2, 0) is 9.63 Å². The van der Waals surface area contributed by atoms with E-state index in [9.17, 15) is 4.79 Å². The van der Waals surface area contributed by atoms with Gasteiger partial charge in [0.25, 0.3) is 0 Å². The van der Waals surface area contributed by atoms with Crippen molar-refractivity contribution in [2.24, 2.45) is 0 Å². The molecule has 0 aromatic carbocycles. The van der Waals surface area contributed by atoms with Crippen molar-refractivity contribution in [2.45, 2.75) is 78.1 Å². The monoisotopic (exact) mass is 267 g/mol. The Hall–Kier alpha value is 0.430. The summed E-state index contributed by atoms with van der Waals surface area (Å²) in [5, 5.41) is 0. The Morgan fingerprint density at radius 2 is 1.33 bits per heavy atom. The third kappa shape index (κ3) is 18.8. The summed E-state index contributed by atoms with van der Waals surface area (Å²) in [5.41, 5.74) is 2.66. The molecule has 0 bridgehead atoms. The van der Waals surface area contributed by atoms with Gasteiger partial charge < -0.3 is 4.84 Å². The van der Waals surface area contributed by atoms with Crippen LogP contribution in [0.3, 0.4) is 0 Å². The number of carbonyl (C=O) groups is 1. The van der Waals surface area contributed by atoms with Crippen molar-refractivity contribution in [1.29, 1.82) is 0 Å². The number of hydrogen-bond donors (Lipinski definition) is 1. The van der Waals surface area contributed by atoms with Crippen LogP contribution in [0.1, 0.15) is 78.1 Å². The van der Waals surface area contributed by atoms with E-state index in [1.54, 1.807) is 0 Å². The van der Waals surface area contributed by atoms with E-state index in [1.165, 1.54) is 64.7 Å². The van der Waals surface area contributed by atoms with Crippen molar-refractivity contribution in [3.05, 3.63) is 0 Å². The molecule has 0 aliphatic rings. The third-order valence-corrected chi connectivity index (χ3v) is 2.85. The Bertz CT molecular complexity index is 177. The van der Waals surface area contributed by atoms with Gasteiger partial charge >= 0.3 is 35.5 Å². The maximum absolute atomic E-state index is 10.4. The molecular weight excluding hydrogens is 237 g/mol. The second-order valence-electron chi connectivity index (χ2n) is 4.67. The van der Waals surface area contributed by atoms with Crippen LogP contribution in [0.2, 0.25) is 0 Å². The van der Waals surface area contributed by atoms with E-state index < -0.39 is 0 Å². The van der Waals surface area contributed by atoms with E-state index in [0.717, 1.165) is 13.0 Å². The fraction of sp³-hybridized carbons (Fsp3) is 0.929. The first kappa shape index (κ1) is 20.7. The predicted molar refractivity (Wildman–Crippen MR) is 78.8 cm³/mol. The number of carbonyl (C=O) groups excluding carboxylic acids is 1. The molecule has 0 fully saturated rings. The summed E-state index contributed by atoms with van der Waals surface area (Å²) in [5.74, 6) is -0.267. The van der Waals surface area contributed by atoms with Gasteiger partial charge in [0.1, 0.15) is 0 Å². The van der Waals surface area contributed by atoms with Crippen LogP contribution in [-0.4, -0.2) is 42.1 Å². The Morgan fingerprint density at radius 1 is 0.889 bits per heavy atom. The Labute approximate surface area is 135 Å². The Balaban J connectivity index is 0. The van der Waals surface area contributed by atoms with Gasteiger partial charge in [0.05, 0.1) is 0 Å². The zero-order chi connectivity index (χ0) is 12.8. The van der Waals surface area contributed by atoms with Crippen LogP contribution in [0.4, 0.5) is 0 Å². The maximum atomic E-state index is 10.4. The molecule has 0 aliphatic heterocycles. The van der Waals surface area contributed by atoms with Gasteiger partial charge in [0, 0.05) is 13.5 Å².